The summed E-state index contributed by atoms with van der Waals surface area (Å²) in [6, 6.07) is 0. The normalized spacial score (nSPS) is 18.7. The predicted molar refractivity (Wildman–Crippen MR) is 67.2 cm³/mol. The van der Waals surface area contributed by atoms with Crippen LogP contribution in [0.25, 0.3) is 0 Å². The highest BCUT2D eigenvalue weighted by molar-refractivity contribution is 6.31. The molecule has 0 atom stereocenters. The molecule has 1 aliphatic heterocycles. The van der Waals surface area contributed by atoms with Crippen LogP contribution in [0, 0.1) is 5.82 Å². The molecule has 0 saturated carbocycles. The number of nitrogens with zero attached hydrogens (tertiary/aromatic N) is 2. The Hall–Kier alpha value is -1.50. The first-order valence-corrected chi connectivity index (χ1v) is 6.40. The molecule has 1 N–H and O–H groups in total. The number of alkyl halides is 2. The average molecular weight is 309 g/mol. The van der Waals surface area contributed by atoms with Gasteiger partial charge in [-0.2, -0.15) is 0 Å². The van der Waals surface area contributed by atoms with Gasteiger partial charge in [-0.15, -0.1) is 0 Å². The minimum absolute atomic E-state index is 0.0820. The zero-order valence-electron chi connectivity index (χ0n) is 10.4. The van der Waals surface area contributed by atoms with E-state index in [0.29, 0.717) is 0 Å². The smallest absolute Gasteiger partial charge is 0.342 e. The van der Waals surface area contributed by atoms with Crippen molar-refractivity contribution >= 4 is 23.4 Å². The van der Waals surface area contributed by atoms with Gasteiger partial charge in [0.25, 0.3) is 0 Å². The van der Waals surface area contributed by atoms with Gasteiger partial charge in [0, 0.05) is 25.9 Å². The fourth-order valence-electron chi connectivity index (χ4n) is 2.16. The van der Waals surface area contributed by atoms with E-state index in [2.05, 4.69) is 4.98 Å². The highest BCUT2D eigenvalue weighted by atomic mass is 35.5. The molecule has 110 valence electrons. The number of aromatic nitrogens is 1. The molecule has 1 fully saturated rings. The Balaban J connectivity index is 2.38. The number of rotatable bonds is 2. The van der Waals surface area contributed by atoms with Crippen LogP contribution in [0.4, 0.5) is 19.0 Å². The van der Waals surface area contributed by atoms with E-state index in [0.717, 1.165) is 6.20 Å². The van der Waals surface area contributed by atoms with Crippen molar-refractivity contribution < 1.29 is 23.1 Å². The lowest BCUT2D eigenvalue weighted by Crippen LogP contribution is -2.29. The molecule has 1 aromatic rings. The van der Waals surface area contributed by atoms with E-state index in [1.165, 1.54) is 4.90 Å². The summed E-state index contributed by atoms with van der Waals surface area (Å²) in [5, 5.41) is 8.65. The van der Waals surface area contributed by atoms with Crippen LogP contribution < -0.4 is 4.90 Å². The van der Waals surface area contributed by atoms with Gasteiger partial charge in [-0.25, -0.2) is 22.9 Å². The van der Waals surface area contributed by atoms with Crippen LogP contribution in [0.3, 0.4) is 0 Å². The first kappa shape index (κ1) is 14.9. The summed E-state index contributed by atoms with van der Waals surface area (Å²) in [5.74, 6) is -5.57. The van der Waals surface area contributed by atoms with Crippen molar-refractivity contribution in [3.63, 3.8) is 0 Å². The molecule has 1 aliphatic rings. The van der Waals surface area contributed by atoms with Gasteiger partial charge in [0.05, 0.1) is 11.2 Å². The van der Waals surface area contributed by atoms with Crippen molar-refractivity contribution in [1.29, 1.82) is 0 Å². The van der Waals surface area contributed by atoms with Crippen LogP contribution in [0.2, 0.25) is 5.02 Å². The number of aromatic carboxylic acids is 1. The van der Waals surface area contributed by atoms with Crippen LogP contribution in [0.15, 0.2) is 6.20 Å². The standard InChI is InChI=1S/C12H12ClF3N2O2/c13-7-6-17-10(8(9(7)14)11(19)20)18-4-1-2-12(15,16)3-5-18/h6H,1-5H2,(H,19,20). The minimum Gasteiger partial charge on any atom is -0.477 e. The molecular weight excluding hydrogens is 297 g/mol. The van der Waals surface area contributed by atoms with Gasteiger partial charge >= 0.3 is 5.97 Å². The Kier molecular flexibility index (Phi) is 4.08. The van der Waals surface area contributed by atoms with Crippen molar-refractivity contribution in [3.05, 3.63) is 22.6 Å². The fourth-order valence-corrected chi connectivity index (χ4v) is 2.30. The van der Waals surface area contributed by atoms with Crippen LogP contribution in [-0.4, -0.2) is 35.1 Å². The number of carboxylic acid groups (broad SMARTS) is 1. The quantitative estimate of drug-likeness (QED) is 0.911. The SMILES string of the molecule is O=C(O)c1c(N2CCCC(F)(F)CC2)ncc(Cl)c1F. The van der Waals surface area contributed by atoms with Crippen molar-refractivity contribution in [3.8, 4) is 0 Å². The third-order valence-electron chi connectivity index (χ3n) is 3.18. The topological polar surface area (TPSA) is 53.4 Å². The number of hydrogen-bond donors (Lipinski definition) is 1. The van der Waals surface area contributed by atoms with E-state index in [1.807, 2.05) is 0 Å². The van der Waals surface area contributed by atoms with Crippen LogP contribution in [0.5, 0.6) is 0 Å². The van der Waals surface area contributed by atoms with E-state index in [4.69, 9.17) is 16.7 Å². The lowest BCUT2D eigenvalue weighted by Gasteiger charge is -2.23. The van der Waals surface area contributed by atoms with Crippen molar-refractivity contribution in [1.82, 2.24) is 4.98 Å². The van der Waals surface area contributed by atoms with Crippen molar-refractivity contribution in [2.45, 2.75) is 25.2 Å². The maximum absolute atomic E-state index is 13.8. The van der Waals surface area contributed by atoms with Gasteiger partial charge in [-0.05, 0) is 6.42 Å². The zero-order chi connectivity index (χ0) is 14.9. The highest BCUT2D eigenvalue weighted by Crippen LogP contribution is 2.32. The number of anilines is 1. The van der Waals surface area contributed by atoms with Crippen LogP contribution in [0.1, 0.15) is 29.6 Å². The lowest BCUT2D eigenvalue weighted by atomic mass is 10.1. The average Bonchev–Trinajstić information content (AvgIpc) is 2.53. The van der Waals surface area contributed by atoms with Gasteiger partial charge in [0.1, 0.15) is 11.4 Å². The van der Waals surface area contributed by atoms with E-state index >= 15 is 0 Å². The summed E-state index contributed by atoms with van der Waals surface area (Å²) < 4.78 is 40.4. The molecule has 0 amide bonds. The maximum atomic E-state index is 13.8. The third-order valence-corrected chi connectivity index (χ3v) is 3.45. The number of halogens is 4. The molecule has 4 nitrogen and oxygen atoms in total. The van der Waals surface area contributed by atoms with Crippen LogP contribution in [-0.2, 0) is 0 Å². The maximum Gasteiger partial charge on any atom is 0.342 e. The first-order valence-electron chi connectivity index (χ1n) is 6.02. The second-order valence-corrected chi connectivity index (χ2v) is 5.03. The second-order valence-electron chi connectivity index (χ2n) is 4.62. The largest absolute Gasteiger partial charge is 0.477 e. The van der Waals surface area contributed by atoms with E-state index in [9.17, 15) is 18.0 Å². The molecule has 0 aliphatic carbocycles. The Labute approximate surface area is 118 Å². The van der Waals surface area contributed by atoms with Gasteiger partial charge in [-0.1, -0.05) is 11.6 Å². The third kappa shape index (κ3) is 2.98. The highest BCUT2D eigenvalue weighted by Gasteiger charge is 2.33. The number of carbonyl (C=O) groups is 1. The molecule has 20 heavy (non-hydrogen) atoms. The van der Waals surface area contributed by atoms with Gasteiger partial charge in [0.2, 0.25) is 5.92 Å². The lowest BCUT2D eigenvalue weighted by molar-refractivity contribution is -0.0102. The second kappa shape index (κ2) is 5.47. The van der Waals surface area contributed by atoms with Gasteiger partial charge < -0.3 is 10.0 Å². The predicted octanol–water partition coefficient (Wildman–Crippen LogP) is 3.20. The summed E-state index contributed by atoms with van der Waals surface area (Å²) in [5.41, 5.74) is -0.678. The summed E-state index contributed by atoms with van der Waals surface area (Å²) in [6.07, 6.45) is 0.472. The molecule has 2 rings (SSSR count). The molecule has 1 saturated heterocycles. The summed E-state index contributed by atoms with van der Waals surface area (Å²) in [6.45, 7) is 0.116. The molecular formula is C12H12ClF3N2O2. The van der Waals surface area contributed by atoms with Crippen LogP contribution >= 0.6 is 11.6 Å². The molecule has 0 bridgehead atoms. The Bertz CT molecular complexity index is 540. The molecule has 2 heterocycles. The van der Waals surface area contributed by atoms with E-state index in [-0.39, 0.29) is 31.7 Å². The zero-order valence-corrected chi connectivity index (χ0v) is 11.1. The molecule has 0 radical (unpaired) electrons. The summed E-state index contributed by atoms with van der Waals surface area (Å²) in [4.78, 5) is 16.3. The van der Waals surface area contributed by atoms with E-state index in [1.54, 1.807) is 0 Å². The Morgan fingerprint density at radius 3 is 2.75 bits per heavy atom. The number of hydrogen-bond acceptors (Lipinski definition) is 3. The van der Waals surface area contributed by atoms with Gasteiger partial charge in [-0.3, -0.25) is 0 Å². The minimum atomic E-state index is -2.79. The van der Waals surface area contributed by atoms with E-state index < -0.39 is 34.7 Å². The summed E-state index contributed by atoms with van der Waals surface area (Å²) in [7, 11) is 0. The molecule has 0 aromatic carbocycles. The van der Waals surface area contributed by atoms with Gasteiger partial charge in [0.15, 0.2) is 5.82 Å². The molecule has 0 unspecified atom stereocenters. The molecule has 0 spiro atoms. The van der Waals surface area contributed by atoms with Crippen molar-refractivity contribution in [2.24, 2.45) is 0 Å². The molecule has 8 heteroatoms. The Morgan fingerprint density at radius 2 is 2.10 bits per heavy atom. The monoisotopic (exact) mass is 308 g/mol. The molecule has 1 aromatic heterocycles. The van der Waals surface area contributed by atoms with Crippen molar-refractivity contribution in [2.75, 3.05) is 18.0 Å². The Morgan fingerprint density at radius 1 is 1.40 bits per heavy atom. The number of carboxylic acids is 1. The number of pyridine rings is 1. The first-order chi connectivity index (χ1) is 9.32. The fraction of sp³-hybridized carbons (Fsp3) is 0.500. The summed E-state index contributed by atoms with van der Waals surface area (Å²) >= 11 is 5.51.